The number of hydrogen-bond acceptors (Lipinski definition) is 4. The Morgan fingerprint density at radius 1 is 1.23 bits per heavy atom. The van der Waals surface area contributed by atoms with Gasteiger partial charge in [0.1, 0.15) is 0 Å². The molecule has 2 aromatic rings. The van der Waals surface area contributed by atoms with Crippen molar-refractivity contribution in [2.45, 2.75) is 12.8 Å². The van der Waals surface area contributed by atoms with Gasteiger partial charge in [-0.2, -0.15) is 0 Å². The Morgan fingerprint density at radius 3 is 2.54 bits per heavy atom. The van der Waals surface area contributed by atoms with Gasteiger partial charge in [0.2, 0.25) is 0 Å². The lowest BCUT2D eigenvalue weighted by molar-refractivity contribution is -0.119. The number of halogens is 1. The van der Waals surface area contributed by atoms with Crippen LogP contribution >= 0.6 is 11.6 Å². The molecule has 7 heteroatoms. The lowest BCUT2D eigenvalue weighted by Crippen LogP contribution is -2.27. The van der Waals surface area contributed by atoms with Crippen LogP contribution in [-0.2, 0) is 4.79 Å². The van der Waals surface area contributed by atoms with Gasteiger partial charge in [-0.3, -0.25) is 9.59 Å². The van der Waals surface area contributed by atoms with Crippen molar-refractivity contribution in [3.63, 3.8) is 0 Å². The van der Waals surface area contributed by atoms with Crippen LogP contribution in [0.1, 0.15) is 28.8 Å². The maximum Gasteiger partial charge on any atom is 0.255 e. The summed E-state index contributed by atoms with van der Waals surface area (Å²) in [5, 5.41) is 3.04. The number of carbonyl (C=O) groups is 2. The standard InChI is InChI=1S/C19H21ClN2O4/c1-12(13-6-4-3-5-7-13)10-22-19(24)14-8-15(20)18(16(9-14)25-2)26-11-17(21)23/h3-9,12H,10-11H2,1-2H3,(H2,21,23)(H,22,24)/t12-/m0/s1. The van der Waals surface area contributed by atoms with Gasteiger partial charge in [0.05, 0.1) is 12.1 Å². The fraction of sp³-hybridized carbons (Fsp3) is 0.263. The van der Waals surface area contributed by atoms with Crippen molar-refractivity contribution >= 4 is 23.4 Å². The maximum absolute atomic E-state index is 12.4. The van der Waals surface area contributed by atoms with Crippen molar-refractivity contribution in [1.82, 2.24) is 5.32 Å². The molecule has 0 saturated carbocycles. The minimum absolute atomic E-state index is 0.159. The molecular weight excluding hydrogens is 356 g/mol. The highest BCUT2D eigenvalue weighted by atomic mass is 35.5. The van der Waals surface area contributed by atoms with Crippen LogP contribution in [0.25, 0.3) is 0 Å². The van der Waals surface area contributed by atoms with Gasteiger partial charge < -0.3 is 20.5 Å². The van der Waals surface area contributed by atoms with Crippen LogP contribution < -0.4 is 20.5 Å². The second-order valence-electron chi connectivity index (χ2n) is 5.77. The average molecular weight is 377 g/mol. The predicted molar refractivity (Wildman–Crippen MR) is 99.9 cm³/mol. The summed E-state index contributed by atoms with van der Waals surface area (Å²) < 4.78 is 10.5. The molecule has 2 amide bonds. The van der Waals surface area contributed by atoms with Gasteiger partial charge >= 0.3 is 0 Å². The Bertz CT molecular complexity index is 781. The molecule has 0 aliphatic carbocycles. The molecule has 0 bridgehead atoms. The highest BCUT2D eigenvalue weighted by molar-refractivity contribution is 6.32. The van der Waals surface area contributed by atoms with Crippen LogP contribution in [0.4, 0.5) is 0 Å². The number of methoxy groups -OCH3 is 1. The molecule has 2 rings (SSSR count). The topological polar surface area (TPSA) is 90.7 Å². The van der Waals surface area contributed by atoms with Crippen LogP contribution in [-0.4, -0.2) is 32.1 Å². The molecular formula is C19H21ClN2O4. The summed E-state index contributed by atoms with van der Waals surface area (Å²) in [6.07, 6.45) is 0. The fourth-order valence-electron chi connectivity index (χ4n) is 2.38. The van der Waals surface area contributed by atoms with Gasteiger partial charge in [0.15, 0.2) is 18.1 Å². The molecule has 0 spiro atoms. The SMILES string of the molecule is COc1cc(C(=O)NC[C@H](C)c2ccccc2)cc(Cl)c1OCC(N)=O. The lowest BCUT2D eigenvalue weighted by Gasteiger charge is -2.15. The maximum atomic E-state index is 12.4. The smallest absolute Gasteiger partial charge is 0.255 e. The van der Waals surface area contributed by atoms with Gasteiger partial charge in [-0.25, -0.2) is 0 Å². The van der Waals surface area contributed by atoms with E-state index in [-0.39, 0.29) is 35.0 Å². The first kappa shape index (κ1) is 19.6. The van der Waals surface area contributed by atoms with E-state index in [1.54, 1.807) is 0 Å². The van der Waals surface area contributed by atoms with E-state index in [1.807, 2.05) is 37.3 Å². The summed E-state index contributed by atoms with van der Waals surface area (Å²) in [6, 6.07) is 12.9. The predicted octanol–water partition coefficient (Wildman–Crippen LogP) is 2.75. The third kappa shape index (κ3) is 5.13. The first-order chi connectivity index (χ1) is 12.4. The average Bonchev–Trinajstić information content (AvgIpc) is 2.64. The van der Waals surface area contributed by atoms with Crippen molar-refractivity contribution in [1.29, 1.82) is 0 Å². The summed E-state index contributed by atoms with van der Waals surface area (Å²) >= 11 is 6.16. The molecule has 2 aromatic carbocycles. The minimum Gasteiger partial charge on any atom is -0.493 e. The number of nitrogens with one attached hydrogen (secondary N) is 1. The monoisotopic (exact) mass is 376 g/mol. The Balaban J connectivity index is 2.08. The Hall–Kier alpha value is -2.73. The van der Waals surface area contributed by atoms with Gasteiger partial charge in [-0.1, -0.05) is 48.9 Å². The van der Waals surface area contributed by atoms with Gasteiger partial charge in [0, 0.05) is 12.1 Å². The summed E-state index contributed by atoms with van der Waals surface area (Å²) in [7, 11) is 1.42. The third-order valence-electron chi connectivity index (χ3n) is 3.79. The largest absolute Gasteiger partial charge is 0.493 e. The molecule has 1 atom stereocenters. The second-order valence-corrected chi connectivity index (χ2v) is 6.17. The fourth-order valence-corrected chi connectivity index (χ4v) is 2.65. The molecule has 0 aromatic heterocycles. The molecule has 0 aliphatic heterocycles. The molecule has 0 heterocycles. The quantitative estimate of drug-likeness (QED) is 0.741. The number of ether oxygens (including phenoxy) is 2. The Labute approximate surface area is 157 Å². The number of carbonyl (C=O) groups excluding carboxylic acids is 2. The van der Waals surface area contributed by atoms with Crippen LogP contribution in [0.5, 0.6) is 11.5 Å². The van der Waals surface area contributed by atoms with Crippen molar-refractivity contribution in [2.75, 3.05) is 20.3 Å². The number of benzene rings is 2. The number of rotatable bonds is 8. The van der Waals surface area contributed by atoms with Gasteiger partial charge in [-0.15, -0.1) is 0 Å². The van der Waals surface area contributed by atoms with Crippen molar-refractivity contribution < 1.29 is 19.1 Å². The molecule has 0 radical (unpaired) electrons. The Morgan fingerprint density at radius 2 is 1.92 bits per heavy atom. The number of amides is 2. The second kappa shape index (κ2) is 9.10. The van der Waals surface area contributed by atoms with Crippen LogP contribution in [0.3, 0.4) is 0 Å². The highest BCUT2D eigenvalue weighted by Crippen LogP contribution is 2.36. The molecule has 0 aliphatic rings. The molecule has 0 fully saturated rings. The van der Waals surface area contributed by atoms with Crippen LogP contribution in [0.2, 0.25) is 5.02 Å². The Kier molecular flexibility index (Phi) is 6.86. The molecule has 0 saturated heterocycles. The molecule has 6 nitrogen and oxygen atoms in total. The first-order valence-electron chi connectivity index (χ1n) is 8.04. The van der Waals surface area contributed by atoms with E-state index in [0.29, 0.717) is 12.1 Å². The van der Waals surface area contributed by atoms with E-state index in [0.717, 1.165) is 5.56 Å². The summed E-state index contributed by atoms with van der Waals surface area (Å²) in [5.74, 6) is -0.341. The van der Waals surface area contributed by atoms with Crippen molar-refractivity contribution in [3.8, 4) is 11.5 Å². The van der Waals surface area contributed by atoms with E-state index < -0.39 is 5.91 Å². The first-order valence-corrected chi connectivity index (χ1v) is 8.42. The number of nitrogens with two attached hydrogens (primary N) is 1. The van der Waals surface area contributed by atoms with Crippen molar-refractivity contribution in [2.24, 2.45) is 5.73 Å². The molecule has 26 heavy (non-hydrogen) atoms. The lowest BCUT2D eigenvalue weighted by atomic mass is 10.0. The molecule has 138 valence electrons. The van der Waals surface area contributed by atoms with Gasteiger partial charge in [0.25, 0.3) is 11.8 Å². The van der Waals surface area contributed by atoms with E-state index >= 15 is 0 Å². The zero-order valence-electron chi connectivity index (χ0n) is 14.6. The highest BCUT2D eigenvalue weighted by Gasteiger charge is 2.17. The normalized spacial score (nSPS) is 11.5. The zero-order valence-corrected chi connectivity index (χ0v) is 15.4. The molecule has 3 N–H and O–H groups in total. The summed E-state index contributed by atoms with van der Waals surface area (Å²) in [6.45, 7) is 2.17. The summed E-state index contributed by atoms with van der Waals surface area (Å²) in [4.78, 5) is 23.3. The van der Waals surface area contributed by atoms with Crippen molar-refractivity contribution in [3.05, 3.63) is 58.6 Å². The van der Waals surface area contributed by atoms with Crippen LogP contribution in [0.15, 0.2) is 42.5 Å². The zero-order chi connectivity index (χ0) is 19.1. The third-order valence-corrected chi connectivity index (χ3v) is 4.07. The number of hydrogen-bond donors (Lipinski definition) is 2. The minimum atomic E-state index is -0.639. The van der Waals surface area contributed by atoms with Gasteiger partial charge in [-0.05, 0) is 23.6 Å². The van der Waals surface area contributed by atoms with E-state index in [2.05, 4.69) is 5.32 Å². The number of primary amides is 1. The van der Waals surface area contributed by atoms with Crippen LogP contribution in [0, 0.1) is 0 Å². The molecule has 0 unspecified atom stereocenters. The van der Waals surface area contributed by atoms with E-state index in [4.69, 9.17) is 26.8 Å². The van der Waals surface area contributed by atoms with E-state index in [1.165, 1.54) is 19.2 Å². The van der Waals surface area contributed by atoms with E-state index in [9.17, 15) is 9.59 Å². The summed E-state index contributed by atoms with van der Waals surface area (Å²) in [5.41, 5.74) is 6.53.